The number of halogens is 1. The molecule has 1 saturated heterocycles. The molecule has 0 saturated carbocycles. The summed E-state index contributed by atoms with van der Waals surface area (Å²) in [4.78, 5) is 0. The predicted molar refractivity (Wildman–Crippen MR) is 79.2 cm³/mol. The molecule has 1 N–H and O–H groups in total. The fourth-order valence-corrected chi connectivity index (χ4v) is 5.78. The molecule has 8 heteroatoms. The highest BCUT2D eigenvalue weighted by molar-refractivity contribution is 9.11. The van der Waals surface area contributed by atoms with Crippen molar-refractivity contribution in [2.45, 2.75) is 17.2 Å². The Hall–Kier alpha value is 0.01000. The van der Waals surface area contributed by atoms with Crippen molar-refractivity contribution in [3.63, 3.8) is 0 Å². The lowest BCUT2D eigenvalue weighted by atomic mass is 10.3. The summed E-state index contributed by atoms with van der Waals surface area (Å²) in [5, 5.41) is 3.01. The Balaban J connectivity index is 2.19. The Labute approximate surface area is 126 Å². The summed E-state index contributed by atoms with van der Waals surface area (Å²) in [6, 6.07) is 1.71. The van der Waals surface area contributed by atoms with Gasteiger partial charge in [-0.05, 0) is 41.5 Å². The normalized spacial score (nSPS) is 21.7. The van der Waals surface area contributed by atoms with Gasteiger partial charge in [0.05, 0.1) is 16.5 Å². The molecule has 1 aromatic heterocycles. The molecular weight excluding hydrogens is 352 g/mol. The molecule has 19 heavy (non-hydrogen) atoms. The van der Waals surface area contributed by atoms with E-state index in [0.29, 0.717) is 30.5 Å². The molecule has 108 valence electrons. The number of sulfonamides is 1. The Morgan fingerprint density at radius 3 is 2.95 bits per heavy atom. The van der Waals surface area contributed by atoms with E-state index in [9.17, 15) is 8.42 Å². The second-order valence-electron chi connectivity index (χ2n) is 4.44. The largest absolute Gasteiger partial charge is 0.374 e. The van der Waals surface area contributed by atoms with E-state index in [1.54, 1.807) is 6.07 Å². The van der Waals surface area contributed by atoms with Crippen LogP contribution in [0.25, 0.3) is 0 Å². The number of hydrogen-bond acceptors (Lipinski definition) is 5. The second kappa shape index (κ2) is 6.19. The maximum atomic E-state index is 12.5. The molecular formula is C11H17BrN2O3S2. The van der Waals surface area contributed by atoms with Gasteiger partial charge >= 0.3 is 0 Å². The van der Waals surface area contributed by atoms with E-state index in [0.717, 1.165) is 9.35 Å². The molecule has 1 unspecified atom stereocenters. The van der Waals surface area contributed by atoms with Crippen LogP contribution in [-0.4, -0.2) is 52.1 Å². The molecule has 1 fully saturated rings. The van der Waals surface area contributed by atoms with Gasteiger partial charge in [-0.2, -0.15) is 4.31 Å². The number of likely N-dealkylation sites (N-methyl/N-ethyl adjacent to an activating group) is 1. The minimum atomic E-state index is -3.40. The number of thiophene rings is 1. The Kier molecular flexibility index (Phi) is 5.02. The maximum Gasteiger partial charge on any atom is 0.252 e. The molecule has 2 heterocycles. The van der Waals surface area contributed by atoms with E-state index in [-0.39, 0.29) is 6.10 Å². The van der Waals surface area contributed by atoms with E-state index >= 15 is 0 Å². The van der Waals surface area contributed by atoms with Gasteiger partial charge in [0.15, 0.2) is 0 Å². The third kappa shape index (κ3) is 3.37. The number of rotatable bonds is 4. The average Bonchev–Trinajstić information content (AvgIpc) is 2.71. The fraction of sp³-hybridized carbons (Fsp3) is 0.636. The van der Waals surface area contributed by atoms with Gasteiger partial charge < -0.3 is 10.1 Å². The monoisotopic (exact) mass is 368 g/mol. The lowest BCUT2D eigenvalue weighted by Crippen LogP contribution is -2.48. The summed E-state index contributed by atoms with van der Waals surface area (Å²) in [6.07, 6.45) is -0.0852. The van der Waals surface area contributed by atoms with Crippen LogP contribution in [-0.2, 0) is 14.8 Å². The van der Waals surface area contributed by atoms with Gasteiger partial charge in [0.1, 0.15) is 4.21 Å². The van der Waals surface area contributed by atoms with Crippen LogP contribution in [0, 0.1) is 6.92 Å². The van der Waals surface area contributed by atoms with Crippen LogP contribution in [0.2, 0.25) is 0 Å². The van der Waals surface area contributed by atoms with Crippen LogP contribution in [0.5, 0.6) is 0 Å². The highest BCUT2D eigenvalue weighted by Gasteiger charge is 2.31. The van der Waals surface area contributed by atoms with Gasteiger partial charge in [0.2, 0.25) is 0 Å². The summed E-state index contributed by atoms with van der Waals surface area (Å²) < 4.78 is 33.4. The number of ether oxygens (including phenoxy) is 1. The lowest BCUT2D eigenvalue weighted by Gasteiger charge is -2.31. The van der Waals surface area contributed by atoms with Crippen molar-refractivity contribution in [1.82, 2.24) is 9.62 Å². The van der Waals surface area contributed by atoms with Crippen molar-refractivity contribution in [3.8, 4) is 0 Å². The van der Waals surface area contributed by atoms with Crippen LogP contribution in [0.1, 0.15) is 5.56 Å². The first kappa shape index (κ1) is 15.4. The molecule has 2 rings (SSSR count). The second-order valence-corrected chi connectivity index (χ2v) is 8.97. The lowest BCUT2D eigenvalue weighted by molar-refractivity contribution is 0.000879. The van der Waals surface area contributed by atoms with E-state index in [1.165, 1.54) is 15.6 Å². The molecule has 0 aliphatic carbocycles. The zero-order chi connectivity index (χ0) is 14.0. The van der Waals surface area contributed by atoms with Crippen molar-refractivity contribution in [2.24, 2.45) is 0 Å². The molecule has 1 aliphatic rings. The van der Waals surface area contributed by atoms with E-state index in [4.69, 9.17) is 4.74 Å². The Morgan fingerprint density at radius 1 is 1.63 bits per heavy atom. The summed E-state index contributed by atoms with van der Waals surface area (Å²) >= 11 is 4.63. The van der Waals surface area contributed by atoms with Crippen molar-refractivity contribution in [3.05, 3.63) is 15.4 Å². The van der Waals surface area contributed by atoms with Crippen LogP contribution >= 0.6 is 27.3 Å². The van der Waals surface area contributed by atoms with Gasteiger partial charge in [-0.3, -0.25) is 0 Å². The van der Waals surface area contributed by atoms with Crippen LogP contribution < -0.4 is 5.32 Å². The summed E-state index contributed by atoms with van der Waals surface area (Å²) in [7, 11) is -1.57. The first-order valence-electron chi connectivity index (χ1n) is 5.97. The van der Waals surface area contributed by atoms with Gasteiger partial charge in [-0.1, -0.05) is 0 Å². The van der Waals surface area contributed by atoms with E-state index < -0.39 is 10.0 Å². The number of morpholine rings is 1. The molecule has 0 bridgehead atoms. The minimum absolute atomic E-state index is 0.0852. The Morgan fingerprint density at radius 2 is 2.37 bits per heavy atom. The molecule has 0 radical (unpaired) electrons. The smallest absolute Gasteiger partial charge is 0.252 e. The number of nitrogens with zero attached hydrogens (tertiary/aromatic N) is 1. The fourth-order valence-electron chi connectivity index (χ4n) is 1.95. The number of aryl methyl sites for hydroxylation is 1. The van der Waals surface area contributed by atoms with Gasteiger partial charge in [0.25, 0.3) is 10.0 Å². The molecule has 0 aromatic carbocycles. The summed E-state index contributed by atoms with van der Waals surface area (Å²) in [5.74, 6) is 0. The zero-order valence-corrected chi connectivity index (χ0v) is 14.1. The van der Waals surface area contributed by atoms with Crippen molar-refractivity contribution in [2.75, 3.05) is 33.3 Å². The Bertz CT molecular complexity index is 523. The van der Waals surface area contributed by atoms with Crippen LogP contribution in [0.3, 0.4) is 0 Å². The predicted octanol–water partition coefficient (Wildman–Crippen LogP) is 1.43. The SMILES string of the molecule is CNCC1CN(S(=O)(=O)c2cc(C)c(Br)s2)CCO1. The minimum Gasteiger partial charge on any atom is -0.374 e. The first-order chi connectivity index (χ1) is 8.95. The average molecular weight is 369 g/mol. The van der Waals surface area contributed by atoms with Gasteiger partial charge in [0, 0.05) is 19.6 Å². The third-order valence-electron chi connectivity index (χ3n) is 2.96. The standard InChI is InChI=1S/C11H17BrN2O3S2/c1-8-5-10(18-11(8)12)19(15,16)14-3-4-17-9(7-14)6-13-2/h5,9,13H,3-4,6-7H2,1-2H3. The number of hydrogen-bond donors (Lipinski definition) is 1. The first-order valence-corrected chi connectivity index (χ1v) is 9.02. The van der Waals surface area contributed by atoms with Crippen LogP contribution in [0.15, 0.2) is 14.1 Å². The third-order valence-corrected chi connectivity index (χ3v) is 7.41. The van der Waals surface area contributed by atoms with Gasteiger partial charge in [-0.15, -0.1) is 11.3 Å². The molecule has 0 amide bonds. The van der Waals surface area contributed by atoms with Gasteiger partial charge in [-0.25, -0.2) is 8.42 Å². The highest BCUT2D eigenvalue weighted by atomic mass is 79.9. The van der Waals surface area contributed by atoms with E-state index in [2.05, 4.69) is 21.2 Å². The van der Waals surface area contributed by atoms with Crippen LogP contribution in [0.4, 0.5) is 0 Å². The summed E-state index contributed by atoms with van der Waals surface area (Å²) in [6.45, 7) is 3.80. The molecule has 1 aromatic rings. The summed E-state index contributed by atoms with van der Waals surface area (Å²) in [5.41, 5.74) is 0.948. The maximum absolute atomic E-state index is 12.5. The van der Waals surface area contributed by atoms with Crippen molar-refractivity contribution in [1.29, 1.82) is 0 Å². The molecule has 0 spiro atoms. The zero-order valence-electron chi connectivity index (χ0n) is 10.8. The highest BCUT2D eigenvalue weighted by Crippen LogP contribution is 2.32. The van der Waals surface area contributed by atoms with E-state index in [1.807, 2.05) is 14.0 Å². The quantitative estimate of drug-likeness (QED) is 0.873. The number of nitrogens with one attached hydrogen (secondary N) is 1. The molecule has 1 aliphatic heterocycles. The van der Waals surface area contributed by atoms with Crippen molar-refractivity contribution < 1.29 is 13.2 Å². The topological polar surface area (TPSA) is 58.6 Å². The van der Waals surface area contributed by atoms with Crippen molar-refractivity contribution >= 4 is 37.3 Å². The molecule has 5 nitrogen and oxygen atoms in total. The molecule has 1 atom stereocenters.